The fourth-order valence-corrected chi connectivity index (χ4v) is 5.84. The number of halogens is 1. The van der Waals surface area contributed by atoms with Crippen LogP contribution in [0, 0.1) is 30.5 Å². The Hall–Kier alpha value is -4.26. The van der Waals surface area contributed by atoms with E-state index in [4.69, 9.17) is 25.4 Å². The summed E-state index contributed by atoms with van der Waals surface area (Å²) in [7, 11) is 0. The molecule has 5 rings (SSSR count). The van der Waals surface area contributed by atoms with Crippen molar-refractivity contribution in [3.63, 3.8) is 0 Å². The van der Waals surface area contributed by atoms with E-state index in [1.54, 1.807) is 24.3 Å². The average Bonchev–Trinajstić information content (AvgIpc) is 3.52. The highest BCUT2D eigenvalue weighted by atomic mass is 19.1. The van der Waals surface area contributed by atoms with Crippen LogP contribution in [-0.2, 0) is 11.2 Å². The molecule has 2 aliphatic rings. The molecule has 0 saturated carbocycles. The first kappa shape index (κ1) is 27.3. The van der Waals surface area contributed by atoms with Gasteiger partial charge in [-0.15, -0.1) is 0 Å². The molecular formula is C33H33FN2O4. The summed E-state index contributed by atoms with van der Waals surface area (Å²) in [4.78, 5) is 11.2. The van der Waals surface area contributed by atoms with E-state index in [0.29, 0.717) is 54.4 Å². The summed E-state index contributed by atoms with van der Waals surface area (Å²) in [6.07, 6.45) is 4.82. The van der Waals surface area contributed by atoms with Crippen LogP contribution in [0.2, 0.25) is 0 Å². The Bertz CT molecular complexity index is 1540. The number of benzene rings is 3. The van der Waals surface area contributed by atoms with Crippen LogP contribution < -0.4 is 9.47 Å². The fraction of sp³-hybridized carbons (Fsp3) is 0.303. The molecule has 3 aromatic carbocycles. The number of carboxylic acids is 1. The van der Waals surface area contributed by atoms with E-state index in [9.17, 15) is 4.79 Å². The molecule has 3 aromatic rings. The molecule has 0 unspecified atom stereocenters. The van der Waals surface area contributed by atoms with Gasteiger partial charge in [0.25, 0.3) is 0 Å². The van der Waals surface area contributed by atoms with Crippen molar-refractivity contribution in [3.8, 4) is 22.6 Å². The molecular weight excluding hydrogens is 507 g/mol. The van der Waals surface area contributed by atoms with E-state index < -0.39 is 12.1 Å². The maximum atomic E-state index is 15.3. The number of rotatable bonds is 9. The van der Waals surface area contributed by atoms with Crippen LogP contribution in [0.4, 0.5) is 4.39 Å². The molecule has 1 heterocycles. The molecule has 40 heavy (non-hydrogen) atoms. The minimum absolute atomic E-state index is 0.0123. The van der Waals surface area contributed by atoms with Crippen LogP contribution in [0.1, 0.15) is 71.6 Å². The van der Waals surface area contributed by atoms with Gasteiger partial charge < -0.3 is 25.4 Å². The Morgan fingerprint density at radius 2 is 1.88 bits per heavy atom. The molecule has 206 valence electrons. The molecule has 0 amide bonds. The Morgan fingerprint density at radius 1 is 1.12 bits per heavy atom. The van der Waals surface area contributed by atoms with Crippen LogP contribution in [-0.4, -0.2) is 29.1 Å². The minimum atomic E-state index is -0.862. The number of aliphatic carboxylic acids is 1. The number of aryl methyl sites for hydroxylation is 2. The maximum absolute atomic E-state index is 15.3. The van der Waals surface area contributed by atoms with Crippen molar-refractivity contribution >= 4 is 17.4 Å². The van der Waals surface area contributed by atoms with Crippen LogP contribution in [0.5, 0.6) is 11.5 Å². The molecule has 1 aliphatic heterocycles. The Labute approximate surface area is 233 Å². The molecule has 0 aromatic heterocycles. The van der Waals surface area contributed by atoms with Crippen LogP contribution in [0.15, 0.2) is 54.6 Å². The van der Waals surface area contributed by atoms with Gasteiger partial charge >= 0.3 is 5.97 Å². The topological polar surface area (TPSA) is 103 Å². The Morgan fingerprint density at radius 3 is 2.58 bits per heavy atom. The highest BCUT2D eigenvalue weighted by Gasteiger charge is 2.32. The summed E-state index contributed by atoms with van der Waals surface area (Å²) in [6, 6.07) is 12.7. The second-order valence-electron chi connectivity index (χ2n) is 10.5. The molecule has 0 spiro atoms. The van der Waals surface area contributed by atoms with Crippen molar-refractivity contribution in [2.45, 2.75) is 58.5 Å². The zero-order valence-corrected chi connectivity index (χ0v) is 22.9. The SMILES string of the molecule is CCC(=N)/C=C\C(=N)c1cc(C)c(-c2ccc(F)c3c2CC[C@H]3Oc2ccc3c(c2)OC[C@H]3CC(=O)O)c(C)c1. The molecule has 6 nitrogen and oxygen atoms in total. The van der Waals surface area contributed by atoms with E-state index >= 15 is 4.39 Å². The van der Waals surface area contributed by atoms with Gasteiger partial charge in [-0.1, -0.05) is 19.1 Å². The molecule has 3 N–H and O–H groups in total. The van der Waals surface area contributed by atoms with E-state index in [2.05, 4.69) is 0 Å². The number of hydrogen-bond donors (Lipinski definition) is 3. The number of hydrogen-bond acceptors (Lipinski definition) is 5. The second-order valence-corrected chi connectivity index (χ2v) is 10.5. The Balaban J connectivity index is 1.42. The van der Waals surface area contributed by atoms with Crippen molar-refractivity contribution in [3.05, 3.63) is 93.8 Å². The third kappa shape index (κ3) is 5.28. The first-order valence-electron chi connectivity index (χ1n) is 13.6. The van der Waals surface area contributed by atoms with Crippen LogP contribution in [0.3, 0.4) is 0 Å². The summed E-state index contributed by atoms with van der Waals surface area (Å²) < 4.78 is 27.3. The monoisotopic (exact) mass is 540 g/mol. The van der Waals surface area contributed by atoms with Crippen LogP contribution in [0.25, 0.3) is 11.1 Å². The number of allylic oxidation sites excluding steroid dienone is 2. The maximum Gasteiger partial charge on any atom is 0.304 e. The van der Waals surface area contributed by atoms with Crippen molar-refractivity contribution in [1.29, 1.82) is 10.8 Å². The summed E-state index contributed by atoms with van der Waals surface area (Å²) in [5.74, 6) is -0.154. The lowest BCUT2D eigenvalue weighted by molar-refractivity contribution is -0.137. The smallest absolute Gasteiger partial charge is 0.304 e. The van der Waals surface area contributed by atoms with Crippen molar-refractivity contribution in [1.82, 2.24) is 0 Å². The molecule has 7 heteroatoms. The van der Waals surface area contributed by atoms with Gasteiger partial charge in [-0.25, -0.2) is 4.39 Å². The van der Waals surface area contributed by atoms with Crippen molar-refractivity contribution < 1.29 is 23.8 Å². The standard InChI is InChI=1S/C33H33FN2O4/c1-4-22(35)5-11-28(36)20-13-18(2)32(19(3)14-20)25-8-10-27(34)33-26(25)9-12-29(33)40-23-6-7-24-21(15-31(37)38)17-39-30(24)16-23/h5-8,10-11,13-14,16,21,29,35-36H,4,9,12,15,17H2,1-3H3,(H,37,38)/b11-5-,35-22?,36-28?/t21-,29-/m1/s1. The van der Waals surface area contributed by atoms with Crippen molar-refractivity contribution in [2.24, 2.45) is 0 Å². The summed E-state index contributed by atoms with van der Waals surface area (Å²) in [6.45, 7) is 6.26. The predicted molar refractivity (Wildman–Crippen MR) is 154 cm³/mol. The van der Waals surface area contributed by atoms with Gasteiger partial charge in [0, 0.05) is 28.8 Å². The second kappa shape index (κ2) is 11.1. The van der Waals surface area contributed by atoms with Gasteiger partial charge in [-0.2, -0.15) is 0 Å². The lowest BCUT2D eigenvalue weighted by Gasteiger charge is -2.19. The highest BCUT2D eigenvalue weighted by molar-refractivity contribution is 6.10. The first-order chi connectivity index (χ1) is 19.2. The summed E-state index contributed by atoms with van der Waals surface area (Å²) >= 11 is 0. The largest absolute Gasteiger partial charge is 0.492 e. The zero-order chi connectivity index (χ0) is 28.6. The summed E-state index contributed by atoms with van der Waals surface area (Å²) in [5.41, 5.74) is 7.99. The third-order valence-electron chi connectivity index (χ3n) is 7.79. The summed E-state index contributed by atoms with van der Waals surface area (Å²) in [5, 5.41) is 25.4. The number of carbonyl (C=O) groups is 1. The Kier molecular flexibility index (Phi) is 7.57. The third-order valence-corrected chi connectivity index (χ3v) is 7.79. The van der Waals surface area contributed by atoms with E-state index in [-0.39, 0.29) is 18.2 Å². The predicted octanol–water partition coefficient (Wildman–Crippen LogP) is 7.48. The lowest BCUT2D eigenvalue weighted by atomic mass is 9.88. The number of carboxylic acid groups (broad SMARTS) is 1. The van der Waals surface area contributed by atoms with E-state index in [1.807, 2.05) is 45.0 Å². The van der Waals surface area contributed by atoms with Gasteiger partial charge in [0.1, 0.15) is 23.4 Å². The van der Waals surface area contributed by atoms with Gasteiger partial charge in [0.15, 0.2) is 0 Å². The molecule has 1 aliphatic carbocycles. The van der Waals surface area contributed by atoms with Gasteiger partial charge in [-0.05, 0) is 103 Å². The molecule has 0 saturated heterocycles. The quantitative estimate of drug-likeness (QED) is 0.245. The van der Waals surface area contributed by atoms with Gasteiger partial charge in [0.2, 0.25) is 0 Å². The average molecular weight is 541 g/mol. The van der Waals surface area contributed by atoms with E-state index in [0.717, 1.165) is 38.9 Å². The fourth-order valence-electron chi connectivity index (χ4n) is 5.84. The van der Waals surface area contributed by atoms with Crippen molar-refractivity contribution in [2.75, 3.05) is 6.61 Å². The molecule has 0 radical (unpaired) electrons. The molecule has 2 atom stereocenters. The number of ether oxygens (including phenoxy) is 2. The lowest BCUT2D eigenvalue weighted by Crippen LogP contribution is -2.07. The zero-order valence-electron chi connectivity index (χ0n) is 22.9. The van der Waals surface area contributed by atoms with Crippen LogP contribution >= 0.6 is 0 Å². The number of fused-ring (bicyclic) bond motifs is 2. The normalized spacial score (nSPS) is 17.4. The molecule has 0 fully saturated rings. The van der Waals surface area contributed by atoms with Gasteiger partial charge in [0.05, 0.1) is 18.7 Å². The molecule has 0 bridgehead atoms. The van der Waals surface area contributed by atoms with E-state index in [1.165, 1.54) is 6.07 Å². The minimum Gasteiger partial charge on any atom is -0.492 e. The highest BCUT2D eigenvalue weighted by Crippen LogP contribution is 2.45. The van der Waals surface area contributed by atoms with Gasteiger partial charge in [-0.3, -0.25) is 4.79 Å². The number of nitrogens with one attached hydrogen (secondary N) is 2. The first-order valence-corrected chi connectivity index (χ1v) is 13.6.